The van der Waals surface area contributed by atoms with Crippen molar-refractivity contribution in [1.82, 2.24) is 5.32 Å². The molecule has 0 saturated heterocycles. The fraction of sp³-hybridized carbons (Fsp3) is 0.391. The zero-order valence-corrected chi connectivity index (χ0v) is 16.6. The Morgan fingerprint density at radius 2 is 1.59 bits per heavy atom. The van der Waals surface area contributed by atoms with E-state index in [-0.39, 0.29) is 29.5 Å². The number of ether oxygens (including phenoxy) is 1. The first kappa shape index (κ1) is 20.8. The molecule has 6 heteroatoms. The predicted octanol–water partition coefficient (Wildman–Crippen LogP) is 3.94. The van der Waals surface area contributed by atoms with Crippen LogP contribution in [0.15, 0.2) is 48.5 Å². The second-order valence-corrected chi connectivity index (χ2v) is 7.37. The molecular weight excluding hydrogens is 371 g/mol. The number of carbonyl (C=O) groups excluding carboxylic acids is 2. The van der Waals surface area contributed by atoms with Gasteiger partial charge in [-0.1, -0.05) is 30.3 Å². The lowest BCUT2D eigenvalue weighted by Gasteiger charge is -2.27. The number of benzene rings is 2. The van der Waals surface area contributed by atoms with Crippen molar-refractivity contribution in [3.05, 3.63) is 59.9 Å². The summed E-state index contributed by atoms with van der Waals surface area (Å²) in [4.78, 5) is 25.0. The van der Waals surface area contributed by atoms with E-state index in [0.29, 0.717) is 55.6 Å². The standard InChI is InChI=1S/C23H27FN2O3/c1-29-21-9-5-4-8-20(21)26-23(28)18-12-10-17(11-13-18)22(27)25-15-14-16-6-2-3-7-19(16)24/h2-9,17-18H,10-15H2,1H3,(H,25,27)(H,26,28). The van der Waals surface area contributed by atoms with Crippen LogP contribution in [-0.2, 0) is 16.0 Å². The van der Waals surface area contributed by atoms with Crippen molar-refractivity contribution < 1.29 is 18.7 Å². The van der Waals surface area contributed by atoms with Crippen molar-refractivity contribution in [1.29, 1.82) is 0 Å². The summed E-state index contributed by atoms with van der Waals surface area (Å²) in [6.07, 6.45) is 3.17. The zero-order valence-electron chi connectivity index (χ0n) is 16.6. The van der Waals surface area contributed by atoms with Crippen LogP contribution in [0.4, 0.5) is 10.1 Å². The number of amides is 2. The molecule has 5 nitrogen and oxygen atoms in total. The van der Waals surface area contributed by atoms with E-state index in [0.717, 1.165) is 0 Å². The minimum absolute atomic E-state index is 0.00933. The number of hydrogen-bond acceptors (Lipinski definition) is 3. The predicted molar refractivity (Wildman–Crippen MR) is 110 cm³/mol. The fourth-order valence-electron chi connectivity index (χ4n) is 3.77. The van der Waals surface area contributed by atoms with Gasteiger partial charge in [-0.2, -0.15) is 0 Å². The fourth-order valence-corrected chi connectivity index (χ4v) is 3.77. The Labute approximate surface area is 170 Å². The first-order chi connectivity index (χ1) is 14.1. The monoisotopic (exact) mass is 398 g/mol. The van der Waals surface area contributed by atoms with Crippen LogP contribution in [0.25, 0.3) is 0 Å². The molecule has 0 radical (unpaired) electrons. The summed E-state index contributed by atoms with van der Waals surface area (Å²) in [5, 5.41) is 5.84. The molecular formula is C23H27FN2O3. The highest BCUT2D eigenvalue weighted by Crippen LogP contribution is 2.31. The van der Waals surface area contributed by atoms with Gasteiger partial charge in [0.1, 0.15) is 11.6 Å². The lowest BCUT2D eigenvalue weighted by Crippen LogP contribution is -2.36. The number of hydrogen-bond donors (Lipinski definition) is 2. The summed E-state index contributed by atoms with van der Waals surface area (Å²) < 4.78 is 18.9. The van der Waals surface area contributed by atoms with E-state index in [4.69, 9.17) is 4.74 Å². The largest absolute Gasteiger partial charge is 0.495 e. The molecule has 1 fully saturated rings. The van der Waals surface area contributed by atoms with Crippen LogP contribution in [-0.4, -0.2) is 25.5 Å². The van der Waals surface area contributed by atoms with Crippen LogP contribution in [0.2, 0.25) is 0 Å². The number of carbonyl (C=O) groups is 2. The van der Waals surface area contributed by atoms with Crippen LogP contribution in [0.1, 0.15) is 31.2 Å². The first-order valence-corrected chi connectivity index (χ1v) is 10.0. The maximum absolute atomic E-state index is 13.6. The van der Waals surface area contributed by atoms with Crippen molar-refractivity contribution in [2.24, 2.45) is 11.8 Å². The molecule has 29 heavy (non-hydrogen) atoms. The average molecular weight is 398 g/mol. The van der Waals surface area contributed by atoms with E-state index < -0.39 is 0 Å². The van der Waals surface area contributed by atoms with Gasteiger partial charge in [0.2, 0.25) is 11.8 Å². The number of halogens is 1. The average Bonchev–Trinajstić information content (AvgIpc) is 2.75. The highest BCUT2D eigenvalue weighted by atomic mass is 19.1. The molecule has 3 rings (SSSR count). The molecule has 154 valence electrons. The van der Waals surface area contributed by atoms with Gasteiger partial charge in [0.15, 0.2) is 0 Å². The molecule has 0 aliphatic heterocycles. The van der Waals surface area contributed by atoms with E-state index in [1.165, 1.54) is 6.07 Å². The lowest BCUT2D eigenvalue weighted by atomic mass is 9.81. The molecule has 2 aromatic rings. The third-order valence-corrected chi connectivity index (χ3v) is 5.49. The molecule has 1 aliphatic rings. The lowest BCUT2D eigenvalue weighted by molar-refractivity contribution is -0.128. The molecule has 1 aliphatic carbocycles. The summed E-state index contributed by atoms with van der Waals surface area (Å²) in [5.74, 6) is 0.137. The van der Waals surface area contributed by atoms with Crippen LogP contribution in [0.3, 0.4) is 0 Å². The maximum Gasteiger partial charge on any atom is 0.227 e. The Kier molecular flexibility index (Phi) is 7.22. The molecule has 0 aromatic heterocycles. The molecule has 2 amide bonds. The molecule has 0 bridgehead atoms. The summed E-state index contributed by atoms with van der Waals surface area (Å²) in [5.41, 5.74) is 1.26. The SMILES string of the molecule is COc1ccccc1NC(=O)C1CCC(C(=O)NCCc2ccccc2F)CC1. The van der Waals surface area contributed by atoms with Gasteiger partial charge < -0.3 is 15.4 Å². The molecule has 2 aromatic carbocycles. The number of para-hydroxylation sites is 2. The normalized spacial score (nSPS) is 18.7. The second-order valence-electron chi connectivity index (χ2n) is 7.37. The number of methoxy groups -OCH3 is 1. The number of anilines is 1. The highest BCUT2D eigenvalue weighted by molar-refractivity contribution is 5.94. The summed E-state index contributed by atoms with van der Waals surface area (Å²) in [6.45, 7) is 0.411. The Morgan fingerprint density at radius 3 is 2.28 bits per heavy atom. The minimum atomic E-state index is -0.247. The van der Waals surface area contributed by atoms with E-state index in [1.807, 2.05) is 18.2 Å². The second kappa shape index (κ2) is 10.0. The van der Waals surface area contributed by atoms with Crippen LogP contribution < -0.4 is 15.4 Å². The summed E-state index contributed by atoms with van der Waals surface area (Å²) in [7, 11) is 1.57. The van der Waals surface area contributed by atoms with Gasteiger partial charge in [0, 0.05) is 18.4 Å². The molecule has 1 saturated carbocycles. The van der Waals surface area contributed by atoms with Gasteiger partial charge in [-0.25, -0.2) is 4.39 Å². The van der Waals surface area contributed by atoms with Crippen LogP contribution >= 0.6 is 0 Å². The van der Waals surface area contributed by atoms with Gasteiger partial charge in [0.25, 0.3) is 0 Å². The highest BCUT2D eigenvalue weighted by Gasteiger charge is 2.30. The Balaban J connectivity index is 1.43. The van der Waals surface area contributed by atoms with Gasteiger partial charge in [0.05, 0.1) is 12.8 Å². The minimum Gasteiger partial charge on any atom is -0.495 e. The van der Waals surface area contributed by atoms with Crippen molar-refractivity contribution in [3.8, 4) is 5.75 Å². The Hall–Kier alpha value is -2.89. The van der Waals surface area contributed by atoms with E-state index in [9.17, 15) is 14.0 Å². The number of rotatable bonds is 7. The topological polar surface area (TPSA) is 67.4 Å². The van der Waals surface area contributed by atoms with Gasteiger partial charge in [-0.05, 0) is 55.9 Å². The van der Waals surface area contributed by atoms with Gasteiger partial charge in [-0.15, -0.1) is 0 Å². The van der Waals surface area contributed by atoms with Crippen LogP contribution in [0.5, 0.6) is 5.75 Å². The first-order valence-electron chi connectivity index (χ1n) is 10.0. The Morgan fingerprint density at radius 1 is 0.966 bits per heavy atom. The molecule has 0 atom stereocenters. The molecule has 0 spiro atoms. The van der Waals surface area contributed by atoms with Gasteiger partial charge >= 0.3 is 0 Å². The molecule has 0 heterocycles. The van der Waals surface area contributed by atoms with Crippen molar-refractivity contribution in [2.45, 2.75) is 32.1 Å². The summed E-state index contributed by atoms with van der Waals surface area (Å²) in [6, 6.07) is 13.9. The zero-order chi connectivity index (χ0) is 20.6. The van der Waals surface area contributed by atoms with Crippen LogP contribution in [0, 0.1) is 17.7 Å². The van der Waals surface area contributed by atoms with E-state index in [2.05, 4.69) is 10.6 Å². The van der Waals surface area contributed by atoms with Gasteiger partial charge in [-0.3, -0.25) is 9.59 Å². The quantitative estimate of drug-likeness (QED) is 0.742. The Bertz CT molecular complexity index is 848. The summed E-state index contributed by atoms with van der Waals surface area (Å²) >= 11 is 0. The maximum atomic E-state index is 13.6. The van der Waals surface area contributed by atoms with Crippen molar-refractivity contribution >= 4 is 17.5 Å². The van der Waals surface area contributed by atoms with Crippen molar-refractivity contribution in [3.63, 3.8) is 0 Å². The number of nitrogens with one attached hydrogen (secondary N) is 2. The van der Waals surface area contributed by atoms with E-state index in [1.54, 1.807) is 31.4 Å². The van der Waals surface area contributed by atoms with E-state index >= 15 is 0 Å². The smallest absolute Gasteiger partial charge is 0.227 e. The third kappa shape index (κ3) is 5.56. The van der Waals surface area contributed by atoms with Crippen molar-refractivity contribution in [2.75, 3.05) is 19.0 Å². The third-order valence-electron chi connectivity index (χ3n) is 5.49. The molecule has 0 unspecified atom stereocenters. The molecule has 2 N–H and O–H groups in total.